The molecule has 0 aromatic carbocycles. The zero-order valence-electron chi connectivity index (χ0n) is 18.2. The molecule has 4 heterocycles. The van der Waals surface area contributed by atoms with Crippen LogP contribution in [0.3, 0.4) is 0 Å². The highest BCUT2D eigenvalue weighted by Crippen LogP contribution is 2.59. The van der Waals surface area contributed by atoms with E-state index in [-0.39, 0.29) is 17.6 Å². The standard InChI is InChI=1S/C21H23F2N9O/c1-11-15(24-5-18(26-11)31-6-12-13(7-31)21(12,22)23)8-32-9-16(28-29-32)20(33)27-14-3-4-17-19(14)25-10-30(17)2/h5,9-10,12-14H,3-4,6-8H2,1-2H3,(H,27,33)/t12?,13?,14-/m1/s1. The fourth-order valence-corrected chi connectivity index (χ4v) is 4.99. The SMILES string of the molecule is Cc1nc(N2CC3C(C2)C3(F)F)cnc1Cn1cc(C(=O)N[C@@H]2CCc3c2ncn3C)nn1. The van der Waals surface area contributed by atoms with Crippen LogP contribution in [0.4, 0.5) is 14.6 Å². The lowest BCUT2D eigenvalue weighted by Crippen LogP contribution is -2.28. The smallest absolute Gasteiger partial charge is 0.274 e. The Morgan fingerprint density at radius 3 is 2.82 bits per heavy atom. The summed E-state index contributed by atoms with van der Waals surface area (Å²) < 4.78 is 30.4. The number of piperidine rings is 1. The molecule has 1 amide bonds. The van der Waals surface area contributed by atoms with Crippen molar-refractivity contribution in [2.45, 2.75) is 38.3 Å². The molecule has 2 aliphatic carbocycles. The fourth-order valence-electron chi connectivity index (χ4n) is 4.99. The zero-order chi connectivity index (χ0) is 22.9. The number of amides is 1. The van der Waals surface area contributed by atoms with Gasteiger partial charge in [-0.2, -0.15) is 0 Å². The Morgan fingerprint density at radius 2 is 2.06 bits per heavy atom. The van der Waals surface area contributed by atoms with Crippen molar-refractivity contribution in [3.8, 4) is 0 Å². The van der Waals surface area contributed by atoms with Crippen molar-refractivity contribution in [2.75, 3.05) is 18.0 Å². The molecular weight excluding hydrogens is 432 g/mol. The molecule has 172 valence electrons. The van der Waals surface area contributed by atoms with Crippen molar-refractivity contribution < 1.29 is 13.6 Å². The van der Waals surface area contributed by atoms with Crippen molar-refractivity contribution in [3.63, 3.8) is 0 Å². The van der Waals surface area contributed by atoms with Crippen LogP contribution in [0.2, 0.25) is 0 Å². The Balaban J connectivity index is 1.10. The van der Waals surface area contributed by atoms with Gasteiger partial charge in [0, 0.05) is 25.8 Å². The van der Waals surface area contributed by atoms with Gasteiger partial charge in [0.05, 0.1) is 60.2 Å². The van der Waals surface area contributed by atoms with Gasteiger partial charge in [-0.3, -0.25) is 9.78 Å². The molecule has 2 unspecified atom stereocenters. The van der Waals surface area contributed by atoms with E-state index in [1.165, 1.54) is 4.68 Å². The van der Waals surface area contributed by atoms with Gasteiger partial charge in [0.15, 0.2) is 5.69 Å². The number of aromatic nitrogens is 7. The highest BCUT2D eigenvalue weighted by molar-refractivity contribution is 5.92. The minimum Gasteiger partial charge on any atom is -0.354 e. The van der Waals surface area contributed by atoms with Gasteiger partial charge in [0.25, 0.3) is 11.8 Å². The molecule has 1 N–H and O–H groups in total. The summed E-state index contributed by atoms with van der Waals surface area (Å²) in [6.07, 6.45) is 6.63. The number of carbonyl (C=O) groups is 1. The average Bonchev–Trinajstić information content (AvgIpc) is 3.41. The summed E-state index contributed by atoms with van der Waals surface area (Å²) in [4.78, 5) is 28.0. The summed E-state index contributed by atoms with van der Waals surface area (Å²) in [5, 5.41) is 11.0. The minimum atomic E-state index is -2.52. The summed E-state index contributed by atoms with van der Waals surface area (Å²) >= 11 is 0. The summed E-state index contributed by atoms with van der Waals surface area (Å²) in [5.41, 5.74) is 3.64. The first-order valence-corrected chi connectivity index (χ1v) is 11.0. The third-order valence-corrected chi connectivity index (χ3v) is 7.04. The predicted molar refractivity (Wildman–Crippen MR) is 112 cm³/mol. The minimum absolute atomic E-state index is 0.129. The van der Waals surface area contributed by atoms with E-state index >= 15 is 0 Å². The van der Waals surface area contributed by atoms with Gasteiger partial charge in [-0.1, -0.05) is 5.21 Å². The van der Waals surface area contributed by atoms with Crippen LogP contribution in [0, 0.1) is 18.8 Å². The third kappa shape index (κ3) is 3.26. The maximum atomic E-state index is 13.4. The van der Waals surface area contributed by atoms with Crippen LogP contribution in [-0.2, 0) is 20.0 Å². The second-order valence-corrected chi connectivity index (χ2v) is 9.11. The zero-order valence-corrected chi connectivity index (χ0v) is 18.2. The molecule has 0 radical (unpaired) electrons. The lowest BCUT2D eigenvalue weighted by molar-refractivity contribution is 0.0796. The van der Waals surface area contributed by atoms with Crippen molar-refractivity contribution in [1.82, 2.24) is 39.8 Å². The first-order valence-electron chi connectivity index (χ1n) is 11.0. The maximum Gasteiger partial charge on any atom is 0.274 e. The van der Waals surface area contributed by atoms with Crippen LogP contribution in [0.1, 0.15) is 45.7 Å². The lowest BCUT2D eigenvalue weighted by atomic mass is 10.2. The van der Waals surface area contributed by atoms with E-state index in [1.807, 2.05) is 23.4 Å². The van der Waals surface area contributed by atoms with Crippen molar-refractivity contribution in [1.29, 1.82) is 0 Å². The molecule has 12 heteroatoms. The van der Waals surface area contributed by atoms with Gasteiger partial charge >= 0.3 is 0 Å². The number of hydrogen-bond donors (Lipinski definition) is 1. The van der Waals surface area contributed by atoms with Crippen molar-refractivity contribution in [2.24, 2.45) is 18.9 Å². The molecule has 1 saturated heterocycles. The summed E-state index contributed by atoms with van der Waals surface area (Å²) in [6.45, 7) is 2.75. The Kier molecular flexibility index (Phi) is 4.30. The highest BCUT2D eigenvalue weighted by atomic mass is 19.3. The van der Waals surface area contributed by atoms with Gasteiger partial charge in [0.1, 0.15) is 5.82 Å². The third-order valence-electron chi connectivity index (χ3n) is 7.04. The van der Waals surface area contributed by atoms with Gasteiger partial charge in [0.2, 0.25) is 0 Å². The van der Waals surface area contributed by atoms with E-state index in [4.69, 9.17) is 0 Å². The van der Waals surface area contributed by atoms with Gasteiger partial charge < -0.3 is 14.8 Å². The quantitative estimate of drug-likeness (QED) is 0.618. The summed E-state index contributed by atoms with van der Waals surface area (Å²) in [6, 6.07) is -0.129. The molecule has 0 bridgehead atoms. The van der Waals surface area contributed by atoms with Crippen molar-refractivity contribution in [3.05, 3.63) is 47.2 Å². The number of anilines is 1. The molecule has 3 aromatic rings. The number of imidazole rings is 1. The van der Waals surface area contributed by atoms with Crippen LogP contribution in [0.25, 0.3) is 0 Å². The topological polar surface area (TPSA) is 107 Å². The number of nitrogens with zero attached hydrogens (tertiary/aromatic N) is 8. The maximum absolute atomic E-state index is 13.4. The average molecular weight is 455 g/mol. The van der Waals surface area contributed by atoms with Gasteiger partial charge in [-0.25, -0.2) is 23.4 Å². The first kappa shape index (κ1) is 20.2. The Bertz CT molecular complexity index is 1240. The van der Waals surface area contributed by atoms with Crippen LogP contribution >= 0.6 is 0 Å². The molecule has 3 aromatic heterocycles. The second-order valence-electron chi connectivity index (χ2n) is 9.11. The van der Waals surface area contributed by atoms with E-state index < -0.39 is 17.8 Å². The molecule has 1 saturated carbocycles. The number of alkyl halides is 2. The van der Waals surface area contributed by atoms with Crippen LogP contribution < -0.4 is 10.2 Å². The Hall–Kier alpha value is -3.44. The van der Waals surface area contributed by atoms with Crippen LogP contribution in [0.15, 0.2) is 18.7 Å². The molecular formula is C21H23F2N9O. The van der Waals surface area contributed by atoms with Crippen molar-refractivity contribution >= 4 is 11.7 Å². The van der Waals surface area contributed by atoms with Crippen LogP contribution in [-0.4, -0.2) is 59.4 Å². The number of halogens is 2. The normalized spacial score (nSPS) is 24.6. The number of rotatable bonds is 5. The van der Waals surface area contributed by atoms with Gasteiger partial charge in [-0.05, 0) is 19.8 Å². The van der Waals surface area contributed by atoms with E-state index in [9.17, 15) is 13.6 Å². The molecule has 3 atom stereocenters. The number of hydrogen-bond acceptors (Lipinski definition) is 7. The molecule has 1 aliphatic heterocycles. The number of fused-ring (bicyclic) bond motifs is 2. The monoisotopic (exact) mass is 455 g/mol. The first-order chi connectivity index (χ1) is 15.8. The Morgan fingerprint density at radius 1 is 1.27 bits per heavy atom. The van der Waals surface area contributed by atoms with Crippen LogP contribution in [0.5, 0.6) is 0 Å². The molecule has 33 heavy (non-hydrogen) atoms. The predicted octanol–water partition coefficient (Wildman–Crippen LogP) is 1.28. The highest BCUT2D eigenvalue weighted by Gasteiger charge is 2.71. The molecule has 6 rings (SSSR count). The number of carbonyl (C=O) groups excluding carboxylic acids is 1. The van der Waals surface area contributed by atoms with E-state index in [0.717, 1.165) is 24.2 Å². The molecule has 10 nitrogen and oxygen atoms in total. The second kappa shape index (κ2) is 7.03. The molecule has 2 fully saturated rings. The molecule has 0 spiro atoms. The number of aryl methyl sites for hydroxylation is 2. The lowest BCUT2D eigenvalue weighted by Gasteiger charge is -2.21. The van der Waals surface area contributed by atoms with E-state index in [0.29, 0.717) is 36.8 Å². The Labute approximate surface area is 188 Å². The fraction of sp³-hybridized carbons (Fsp3) is 0.524. The summed E-state index contributed by atoms with van der Waals surface area (Å²) in [5.74, 6) is -3.33. The number of nitrogens with one attached hydrogen (secondary N) is 1. The largest absolute Gasteiger partial charge is 0.354 e. The van der Waals surface area contributed by atoms with E-state index in [2.05, 4.69) is 30.6 Å². The van der Waals surface area contributed by atoms with E-state index in [1.54, 1.807) is 18.7 Å². The molecule has 3 aliphatic rings. The van der Waals surface area contributed by atoms with Gasteiger partial charge in [-0.15, -0.1) is 5.10 Å². The summed E-state index contributed by atoms with van der Waals surface area (Å²) in [7, 11) is 1.95.